The van der Waals surface area contributed by atoms with Crippen LogP contribution in [-0.2, 0) is 6.54 Å². The van der Waals surface area contributed by atoms with E-state index in [1.165, 1.54) is 22.6 Å². The maximum Gasteiger partial charge on any atom is 0.157 e. The number of rotatable bonds is 4. The van der Waals surface area contributed by atoms with Gasteiger partial charge in [0.1, 0.15) is 0 Å². The molecule has 1 aromatic heterocycles. The SMILES string of the molecule is Cc1ccsc1CN=C1NC(CC(C)C)CS1. The van der Waals surface area contributed by atoms with Crippen LogP contribution in [0.1, 0.15) is 30.7 Å². The second-order valence-corrected chi connectivity index (χ2v) is 6.94. The molecule has 1 fully saturated rings. The molecule has 2 rings (SSSR count). The molecule has 1 aliphatic heterocycles. The van der Waals surface area contributed by atoms with Crippen molar-refractivity contribution in [3.63, 3.8) is 0 Å². The Labute approximate surface area is 112 Å². The Bertz CT molecular complexity index is 396. The molecule has 94 valence electrons. The highest BCUT2D eigenvalue weighted by Crippen LogP contribution is 2.21. The summed E-state index contributed by atoms with van der Waals surface area (Å²) < 4.78 is 0. The molecule has 1 N–H and O–H groups in total. The van der Waals surface area contributed by atoms with Crippen molar-refractivity contribution < 1.29 is 0 Å². The molecule has 2 nitrogen and oxygen atoms in total. The van der Waals surface area contributed by atoms with Crippen molar-refractivity contribution in [3.8, 4) is 0 Å². The fourth-order valence-corrected chi connectivity index (χ4v) is 3.75. The molecule has 1 aromatic rings. The van der Waals surface area contributed by atoms with E-state index in [-0.39, 0.29) is 0 Å². The van der Waals surface area contributed by atoms with Gasteiger partial charge in [-0.2, -0.15) is 0 Å². The number of thiophene rings is 1. The first kappa shape index (κ1) is 13.0. The molecular weight excluding hydrogens is 248 g/mol. The van der Waals surface area contributed by atoms with E-state index >= 15 is 0 Å². The van der Waals surface area contributed by atoms with Crippen molar-refractivity contribution >= 4 is 28.3 Å². The molecule has 0 amide bonds. The van der Waals surface area contributed by atoms with E-state index < -0.39 is 0 Å². The van der Waals surface area contributed by atoms with E-state index in [1.54, 1.807) is 11.3 Å². The number of aryl methyl sites for hydroxylation is 1. The molecule has 0 aliphatic carbocycles. The fraction of sp³-hybridized carbons (Fsp3) is 0.615. The molecule has 1 unspecified atom stereocenters. The Morgan fingerprint density at radius 3 is 3.00 bits per heavy atom. The Morgan fingerprint density at radius 1 is 1.53 bits per heavy atom. The van der Waals surface area contributed by atoms with Crippen LogP contribution < -0.4 is 5.32 Å². The van der Waals surface area contributed by atoms with E-state index in [0.717, 1.165) is 17.6 Å². The van der Waals surface area contributed by atoms with Gasteiger partial charge in [-0.05, 0) is 36.3 Å². The molecular formula is C13H20N2S2. The molecule has 2 heterocycles. The molecule has 1 aliphatic rings. The fourth-order valence-electron chi connectivity index (χ4n) is 1.93. The van der Waals surface area contributed by atoms with Crippen molar-refractivity contribution in [3.05, 3.63) is 21.9 Å². The third-order valence-electron chi connectivity index (χ3n) is 2.84. The molecule has 17 heavy (non-hydrogen) atoms. The largest absolute Gasteiger partial charge is 0.361 e. The van der Waals surface area contributed by atoms with Gasteiger partial charge < -0.3 is 5.32 Å². The van der Waals surface area contributed by atoms with Gasteiger partial charge in [-0.1, -0.05) is 25.6 Å². The van der Waals surface area contributed by atoms with Gasteiger partial charge in [0.15, 0.2) is 5.17 Å². The average molecular weight is 268 g/mol. The molecule has 1 saturated heterocycles. The molecule has 0 saturated carbocycles. The van der Waals surface area contributed by atoms with Gasteiger partial charge in [0, 0.05) is 16.7 Å². The van der Waals surface area contributed by atoms with Crippen molar-refractivity contribution in [2.75, 3.05) is 5.75 Å². The van der Waals surface area contributed by atoms with Gasteiger partial charge in [0.05, 0.1) is 6.54 Å². The van der Waals surface area contributed by atoms with Crippen LogP contribution in [-0.4, -0.2) is 17.0 Å². The zero-order valence-corrected chi connectivity index (χ0v) is 12.3. The summed E-state index contributed by atoms with van der Waals surface area (Å²) in [6.45, 7) is 7.53. The van der Waals surface area contributed by atoms with Crippen molar-refractivity contribution in [2.45, 2.75) is 39.8 Å². The third kappa shape index (κ3) is 3.75. The first-order valence-electron chi connectivity index (χ1n) is 6.12. The molecule has 0 aromatic carbocycles. The first-order valence-corrected chi connectivity index (χ1v) is 7.98. The van der Waals surface area contributed by atoms with Crippen molar-refractivity contribution in [1.82, 2.24) is 5.32 Å². The highest BCUT2D eigenvalue weighted by Gasteiger charge is 2.20. The predicted molar refractivity (Wildman–Crippen MR) is 79.0 cm³/mol. The molecule has 0 spiro atoms. The van der Waals surface area contributed by atoms with Crippen LogP contribution in [0.15, 0.2) is 16.4 Å². The van der Waals surface area contributed by atoms with Crippen LogP contribution in [0, 0.1) is 12.8 Å². The monoisotopic (exact) mass is 268 g/mol. The van der Waals surface area contributed by atoms with E-state index in [0.29, 0.717) is 6.04 Å². The second-order valence-electron chi connectivity index (χ2n) is 4.93. The Balaban J connectivity index is 1.86. The number of nitrogens with zero attached hydrogens (tertiary/aromatic N) is 1. The Hall–Kier alpha value is -0.480. The zero-order chi connectivity index (χ0) is 12.3. The van der Waals surface area contributed by atoms with Crippen LogP contribution in [0.25, 0.3) is 0 Å². The van der Waals surface area contributed by atoms with Crippen LogP contribution in [0.4, 0.5) is 0 Å². The Kier molecular flexibility index (Phi) is 4.51. The summed E-state index contributed by atoms with van der Waals surface area (Å²) in [6, 6.07) is 2.78. The lowest BCUT2D eigenvalue weighted by Crippen LogP contribution is -2.28. The number of hydrogen-bond donors (Lipinski definition) is 1. The summed E-state index contributed by atoms with van der Waals surface area (Å²) in [5, 5.41) is 6.79. The van der Waals surface area contributed by atoms with E-state index in [4.69, 9.17) is 0 Å². The Morgan fingerprint density at radius 2 is 2.35 bits per heavy atom. The predicted octanol–water partition coefficient (Wildman–Crippen LogP) is 3.66. The summed E-state index contributed by atoms with van der Waals surface area (Å²) >= 11 is 3.66. The topological polar surface area (TPSA) is 24.4 Å². The van der Waals surface area contributed by atoms with Crippen molar-refractivity contribution in [1.29, 1.82) is 0 Å². The third-order valence-corrected chi connectivity index (χ3v) is 4.94. The van der Waals surface area contributed by atoms with Gasteiger partial charge in [0.2, 0.25) is 0 Å². The molecule has 0 bridgehead atoms. The maximum absolute atomic E-state index is 4.66. The number of hydrogen-bond acceptors (Lipinski definition) is 3. The van der Waals surface area contributed by atoms with Gasteiger partial charge in [-0.3, -0.25) is 4.99 Å². The lowest BCUT2D eigenvalue weighted by molar-refractivity contribution is 0.502. The van der Waals surface area contributed by atoms with Gasteiger partial charge in [-0.15, -0.1) is 11.3 Å². The maximum atomic E-state index is 4.66. The summed E-state index contributed by atoms with van der Waals surface area (Å²) in [6.07, 6.45) is 1.24. The highest BCUT2D eigenvalue weighted by atomic mass is 32.2. The van der Waals surface area contributed by atoms with Crippen LogP contribution in [0.5, 0.6) is 0 Å². The lowest BCUT2D eigenvalue weighted by atomic mass is 10.1. The number of amidine groups is 1. The second kappa shape index (κ2) is 5.91. The number of thioether (sulfide) groups is 1. The first-order chi connectivity index (χ1) is 8.15. The van der Waals surface area contributed by atoms with Crippen LogP contribution in [0.3, 0.4) is 0 Å². The smallest absolute Gasteiger partial charge is 0.157 e. The average Bonchev–Trinajstić information content (AvgIpc) is 2.84. The van der Waals surface area contributed by atoms with Gasteiger partial charge in [-0.25, -0.2) is 0 Å². The minimum Gasteiger partial charge on any atom is -0.361 e. The lowest BCUT2D eigenvalue weighted by Gasteiger charge is -2.11. The summed E-state index contributed by atoms with van der Waals surface area (Å²) in [5.74, 6) is 1.92. The van der Waals surface area contributed by atoms with E-state index in [9.17, 15) is 0 Å². The van der Waals surface area contributed by atoms with Crippen LogP contribution in [0.2, 0.25) is 0 Å². The van der Waals surface area contributed by atoms with Crippen molar-refractivity contribution in [2.24, 2.45) is 10.9 Å². The minimum atomic E-state index is 0.614. The van der Waals surface area contributed by atoms with Gasteiger partial charge in [0.25, 0.3) is 0 Å². The molecule has 1 atom stereocenters. The quantitative estimate of drug-likeness (QED) is 0.901. The number of nitrogens with one attached hydrogen (secondary N) is 1. The van der Waals surface area contributed by atoms with Crippen LogP contribution >= 0.6 is 23.1 Å². The zero-order valence-electron chi connectivity index (χ0n) is 10.7. The summed E-state index contributed by atoms with van der Waals surface area (Å²) in [5.41, 5.74) is 1.36. The molecule has 4 heteroatoms. The number of aliphatic imine (C=N–C) groups is 1. The minimum absolute atomic E-state index is 0.614. The molecule has 0 radical (unpaired) electrons. The van der Waals surface area contributed by atoms with E-state index in [2.05, 4.69) is 42.5 Å². The standard InChI is InChI=1S/C13H20N2S2/c1-9(2)6-11-8-17-13(15-11)14-7-12-10(3)4-5-16-12/h4-5,9,11H,6-8H2,1-3H3,(H,14,15). The highest BCUT2D eigenvalue weighted by molar-refractivity contribution is 8.14. The summed E-state index contributed by atoms with van der Waals surface area (Å²) in [4.78, 5) is 6.04. The normalized spacial score (nSPS) is 22.4. The summed E-state index contributed by atoms with van der Waals surface area (Å²) in [7, 11) is 0. The van der Waals surface area contributed by atoms with Gasteiger partial charge >= 0.3 is 0 Å². The van der Waals surface area contributed by atoms with E-state index in [1.807, 2.05) is 11.8 Å².